The molecule has 190 valence electrons. The van der Waals surface area contributed by atoms with Crippen molar-refractivity contribution in [3.8, 4) is 11.1 Å². The summed E-state index contributed by atoms with van der Waals surface area (Å²) in [4.78, 5) is 2.34. The topological polar surface area (TPSA) is 3.24 Å². The quantitative estimate of drug-likeness (QED) is 0.135. The van der Waals surface area contributed by atoms with Crippen molar-refractivity contribution in [3.05, 3.63) is 170 Å². The first kappa shape index (κ1) is 25.8. The largest absolute Gasteiger partial charge is 0.310 e. The third kappa shape index (κ3) is 5.68. The maximum atomic E-state index is 4.21. The molecule has 0 heterocycles. The third-order valence-corrected chi connectivity index (χ3v) is 6.97. The average Bonchev–Trinajstić information content (AvgIpc) is 2.99. The van der Waals surface area contributed by atoms with Gasteiger partial charge in [0.05, 0.1) is 5.69 Å². The lowest BCUT2D eigenvalue weighted by Crippen LogP contribution is -2.11. The molecule has 0 bridgehead atoms. The molecule has 5 aromatic carbocycles. The summed E-state index contributed by atoms with van der Waals surface area (Å²) < 4.78 is 0. The van der Waals surface area contributed by atoms with Crippen LogP contribution in [0.5, 0.6) is 0 Å². The zero-order chi connectivity index (χ0) is 27.0. The normalized spacial score (nSPS) is 11.0. The molecule has 0 saturated carbocycles. The van der Waals surface area contributed by atoms with E-state index in [1.54, 1.807) is 6.08 Å². The minimum Gasteiger partial charge on any atom is -0.310 e. The van der Waals surface area contributed by atoms with Gasteiger partial charge in [0.15, 0.2) is 0 Å². The standard InChI is InChI=1S/C38H33N/c1-4-6-15-29(3)30-23-25-35(26-24-30)39(34-19-9-8-10-20-34)38-22-14-13-21-36(38)37-28-32-18-12-11-17-31(32)27-33(37)16-7-5-2/h4-6,8-15,17-28H,1-3,7,16H2/b15-6-. The molecule has 0 unspecified atom stereocenters. The molecule has 39 heavy (non-hydrogen) atoms. The van der Waals surface area contributed by atoms with Crippen molar-refractivity contribution in [2.24, 2.45) is 0 Å². The highest BCUT2D eigenvalue weighted by Crippen LogP contribution is 2.42. The first-order valence-electron chi connectivity index (χ1n) is 13.3. The number of hydrogen-bond donors (Lipinski definition) is 0. The summed E-state index contributed by atoms with van der Waals surface area (Å²) in [6.45, 7) is 12.0. The molecule has 5 rings (SSSR count). The fourth-order valence-corrected chi connectivity index (χ4v) is 5.01. The molecule has 0 aromatic heterocycles. The SMILES string of the molecule is C=C/C=C\C(=C)c1ccc(N(c2ccccc2)c2ccccc2-c2cc3ccccc3cc2CCC=C)cc1. The van der Waals surface area contributed by atoms with E-state index in [-0.39, 0.29) is 0 Å². The Morgan fingerprint density at radius 3 is 2.03 bits per heavy atom. The van der Waals surface area contributed by atoms with Crippen LogP contribution < -0.4 is 4.90 Å². The number of anilines is 3. The van der Waals surface area contributed by atoms with Crippen LogP contribution in [0.3, 0.4) is 0 Å². The molecule has 0 atom stereocenters. The van der Waals surface area contributed by atoms with E-state index >= 15 is 0 Å². The Labute approximate surface area is 232 Å². The Morgan fingerprint density at radius 1 is 0.667 bits per heavy atom. The molecule has 0 spiro atoms. The van der Waals surface area contributed by atoms with Crippen LogP contribution in [0.1, 0.15) is 17.5 Å². The Hall–Kier alpha value is -4.88. The highest BCUT2D eigenvalue weighted by Gasteiger charge is 2.19. The molecular formula is C38H33N. The smallest absolute Gasteiger partial charge is 0.0540 e. The predicted octanol–water partition coefficient (Wildman–Crippen LogP) is 10.9. The van der Waals surface area contributed by atoms with Gasteiger partial charge < -0.3 is 4.90 Å². The van der Waals surface area contributed by atoms with Crippen LogP contribution in [0.15, 0.2) is 159 Å². The number of para-hydroxylation sites is 2. The minimum absolute atomic E-state index is 0.932. The van der Waals surface area contributed by atoms with Crippen molar-refractivity contribution >= 4 is 33.4 Å². The van der Waals surface area contributed by atoms with E-state index in [0.29, 0.717) is 0 Å². The van der Waals surface area contributed by atoms with Gasteiger partial charge in [0.2, 0.25) is 0 Å². The van der Waals surface area contributed by atoms with Gasteiger partial charge in [0, 0.05) is 16.9 Å². The maximum Gasteiger partial charge on any atom is 0.0540 e. The second-order valence-electron chi connectivity index (χ2n) is 9.54. The Bertz CT molecular complexity index is 1640. The molecule has 1 heteroatoms. The second-order valence-corrected chi connectivity index (χ2v) is 9.54. The zero-order valence-corrected chi connectivity index (χ0v) is 22.3. The van der Waals surface area contributed by atoms with Gasteiger partial charge in [-0.2, -0.15) is 0 Å². The van der Waals surface area contributed by atoms with Crippen molar-refractivity contribution in [3.63, 3.8) is 0 Å². The summed E-state index contributed by atoms with van der Waals surface area (Å²) in [6.07, 6.45) is 9.54. The third-order valence-electron chi connectivity index (χ3n) is 6.97. The molecule has 0 aliphatic carbocycles. The lowest BCUT2D eigenvalue weighted by atomic mass is 9.91. The number of allylic oxidation sites excluding steroid dienone is 5. The molecule has 0 radical (unpaired) electrons. The van der Waals surface area contributed by atoms with Crippen molar-refractivity contribution in [1.29, 1.82) is 0 Å². The van der Waals surface area contributed by atoms with E-state index in [4.69, 9.17) is 0 Å². The monoisotopic (exact) mass is 503 g/mol. The summed E-state index contributed by atoms with van der Waals surface area (Å²) in [5, 5.41) is 2.50. The van der Waals surface area contributed by atoms with Gasteiger partial charge in [-0.05, 0) is 82.3 Å². The van der Waals surface area contributed by atoms with Crippen molar-refractivity contribution < 1.29 is 0 Å². The van der Waals surface area contributed by atoms with Gasteiger partial charge in [-0.15, -0.1) is 6.58 Å². The number of fused-ring (bicyclic) bond motifs is 1. The number of hydrogen-bond acceptors (Lipinski definition) is 1. The zero-order valence-electron chi connectivity index (χ0n) is 22.3. The Morgan fingerprint density at radius 2 is 1.31 bits per heavy atom. The highest BCUT2D eigenvalue weighted by atomic mass is 15.1. The van der Waals surface area contributed by atoms with Gasteiger partial charge in [-0.3, -0.25) is 0 Å². The van der Waals surface area contributed by atoms with Crippen molar-refractivity contribution in [1.82, 2.24) is 0 Å². The molecule has 0 N–H and O–H groups in total. The van der Waals surface area contributed by atoms with Crippen LogP contribution in [0.25, 0.3) is 27.5 Å². The summed E-state index contributed by atoms with van der Waals surface area (Å²) in [5.41, 5.74) is 9.16. The van der Waals surface area contributed by atoms with Crippen LogP contribution in [0.4, 0.5) is 17.1 Å². The molecular weight excluding hydrogens is 470 g/mol. The summed E-state index contributed by atoms with van der Waals surface area (Å²) in [7, 11) is 0. The van der Waals surface area contributed by atoms with Gasteiger partial charge in [0.1, 0.15) is 0 Å². The van der Waals surface area contributed by atoms with E-state index in [1.165, 1.54) is 27.5 Å². The molecule has 0 aliphatic rings. The maximum absolute atomic E-state index is 4.21. The Balaban J connectivity index is 1.68. The molecule has 0 fully saturated rings. The average molecular weight is 504 g/mol. The van der Waals surface area contributed by atoms with Crippen LogP contribution in [-0.4, -0.2) is 0 Å². The first-order chi connectivity index (χ1) is 19.2. The van der Waals surface area contributed by atoms with Crippen molar-refractivity contribution in [2.75, 3.05) is 4.90 Å². The Kier molecular flexibility index (Phi) is 8.00. The molecule has 1 nitrogen and oxygen atoms in total. The fraction of sp³-hybridized carbons (Fsp3) is 0.0526. The molecule has 0 aliphatic heterocycles. The summed E-state index contributed by atoms with van der Waals surface area (Å²) in [6, 6.07) is 41.2. The van der Waals surface area contributed by atoms with Gasteiger partial charge in [-0.1, -0.05) is 116 Å². The number of rotatable bonds is 10. The lowest BCUT2D eigenvalue weighted by Gasteiger charge is -2.28. The van der Waals surface area contributed by atoms with Gasteiger partial charge in [0.25, 0.3) is 0 Å². The van der Waals surface area contributed by atoms with E-state index in [9.17, 15) is 0 Å². The number of benzene rings is 5. The number of nitrogens with zero attached hydrogens (tertiary/aromatic N) is 1. The summed E-state index contributed by atoms with van der Waals surface area (Å²) >= 11 is 0. The van der Waals surface area contributed by atoms with Gasteiger partial charge >= 0.3 is 0 Å². The van der Waals surface area contributed by atoms with E-state index in [0.717, 1.165) is 41.0 Å². The first-order valence-corrected chi connectivity index (χ1v) is 13.3. The predicted molar refractivity (Wildman–Crippen MR) is 171 cm³/mol. The van der Waals surface area contributed by atoms with Gasteiger partial charge in [-0.25, -0.2) is 0 Å². The van der Waals surface area contributed by atoms with Crippen LogP contribution in [0.2, 0.25) is 0 Å². The lowest BCUT2D eigenvalue weighted by molar-refractivity contribution is 1.01. The molecule has 0 saturated heterocycles. The summed E-state index contributed by atoms with van der Waals surface area (Å²) in [5.74, 6) is 0. The minimum atomic E-state index is 0.932. The van der Waals surface area contributed by atoms with Crippen LogP contribution >= 0.6 is 0 Å². The molecule has 5 aromatic rings. The highest BCUT2D eigenvalue weighted by molar-refractivity contribution is 5.94. The second kappa shape index (κ2) is 12.1. The molecule has 0 amide bonds. The van der Waals surface area contributed by atoms with Crippen LogP contribution in [-0.2, 0) is 6.42 Å². The van der Waals surface area contributed by atoms with E-state index in [1.807, 2.05) is 18.2 Å². The van der Waals surface area contributed by atoms with E-state index < -0.39 is 0 Å². The number of aryl methyl sites for hydroxylation is 1. The van der Waals surface area contributed by atoms with Crippen LogP contribution in [0, 0.1) is 0 Å². The fourth-order valence-electron chi connectivity index (χ4n) is 5.01. The van der Waals surface area contributed by atoms with Crippen molar-refractivity contribution in [2.45, 2.75) is 12.8 Å². The van der Waals surface area contributed by atoms with E-state index in [2.05, 4.69) is 140 Å².